The van der Waals surface area contributed by atoms with E-state index in [0.717, 1.165) is 62.3 Å². The molecule has 31 heavy (non-hydrogen) atoms. The Balaban J connectivity index is 0.00000341. The number of rotatable bonds is 9. The number of methoxy groups -OCH3 is 1. The molecule has 1 aromatic carbocycles. The molecule has 8 nitrogen and oxygen atoms in total. The minimum atomic E-state index is 0. The minimum absolute atomic E-state index is 0. The van der Waals surface area contributed by atoms with Gasteiger partial charge in [-0.25, -0.2) is 4.99 Å². The highest BCUT2D eigenvalue weighted by Crippen LogP contribution is 2.21. The number of benzene rings is 1. The second-order valence-corrected chi connectivity index (χ2v) is 7.79. The smallest absolute Gasteiger partial charge is 0.191 e. The molecule has 0 aliphatic carbocycles. The highest BCUT2D eigenvalue weighted by Gasteiger charge is 2.16. The first-order valence-corrected chi connectivity index (χ1v) is 10.7. The molecule has 2 N–H and O–H groups in total. The average Bonchev–Trinajstić information content (AvgIpc) is 3.40. The number of hydrogen-bond acceptors (Lipinski definition) is 5. The van der Waals surface area contributed by atoms with E-state index in [1.54, 1.807) is 7.11 Å². The first-order chi connectivity index (χ1) is 14.6. The van der Waals surface area contributed by atoms with Crippen molar-refractivity contribution >= 4 is 29.9 Å². The second-order valence-electron chi connectivity index (χ2n) is 7.79. The summed E-state index contributed by atoms with van der Waals surface area (Å²) in [7, 11) is 3.65. The molecule has 2 aromatic rings. The van der Waals surface area contributed by atoms with Gasteiger partial charge in [-0.1, -0.05) is 19.1 Å². The van der Waals surface area contributed by atoms with Crippen LogP contribution in [0.2, 0.25) is 0 Å². The van der Waals surface area contributed by atoms with Crippen molar-refractivity contribution < 1.29 is 9.47 Å². The van der Waals surface area contributed by atoms with Crippen LogP contribution in [0.5, 0.6) is 5.75 Å². The third-order valence-corrected chi connectivity index (χ3v) is 5.64. The Bertz CT molecular complexity index is 818. The summed E-state index contributed by atoms with van der Waals surface area (Å²) in [5.41, 5.74) is 1.30. The molecular weight excluding hydrogens is 507 g/mol. The Hall–Kier alpha value is -1.88. The quantitative estimate of drug-likeness (QED) is 0.288. The molecule has 1 saturated heterocycles. The SMILES string of the molecule is COc1ccc(C(C)CCNC(=NCc2nnc(C)n2C)NCC2CCCO2)cc1.I. The fourth-order valence-corrected chi connectivity index (χ4v) is 3.43. The van der Waals surface area contributed by atoms with E-state index in [9.17, 15) is 0 Å². The molecule has 2 heterocycles. The van der Waals surface area contributed by atoms with Gasteiger partial charge in [0, 0.05) is 26.7 Å². The molecule has 0 spiro atoms. The summed E-state index contributed by atoms with van der Waals surface area (Å²) in [6.45, 7) is 7.09. The number of aliphatic imine (C=N–C) groups is 1. The van der Waals surface area contributed by atoms with Crippen LogP contribution in [0.25, 0.3) is 0 Å². The lowest BCUT2D eigenvalue weighted by Crippen LogP contribution is -2.41. The lowest BCUT2D eigenvalue weighted by molar-refractivity contribution is 0.114. The largest absolute Gasteiger partial charge is 0.497 e. The number of ether oxygens (including phenoxy) is 2. The molecule has 2 unspecified atom stereocenters. The highest BCUT2D eigenvalue weighted by molar-refractivity contribution is 14.0. The van der Waals surface area contributed by atoms with Gasteiger partial charge in [0.15, 0.2) is 11.8 Å². The van der Waals surface area contributed by atoms with Gasteiger partial charge in [0.2, 0.25) is 0 Å². The van der Waals surface area contributed by atoms with Gasteiger partial charge in [-0.2, -0.15) is 0 Å². The lowest BCUT2D eigenvalue weighted by Gasteiger charge is -2.17. The van der Waals surface area contributed by atoms with Crippen molar-refractivity contribution in [2.45, 2.75) is 51.7 Å². The van der Waals surface area contributed by atoms with Crippen LogP contribution in [-0.2, 0) is 18.3 Å². The highest BCUT2D eigenvalue weighted by atomic mass is 127. The molecule has 9 heteroatoms. The van der Waals surface area contributed by atoms with Crippen molar-refractivity contribution in [3.8, 4) is 5.75 Å². The Morgan fingerprint density at radius 1 is 1.29 bits per heavy atom. The van der Waals surface area contributed by atoms with Crippen LogP contribution in [0.3, 0.4) is 0 Å². The molecule has 1 fully saturated rings. The van der Waals surface area contributed by atoms with Crippen LogP contribution in [0.4, 0.5) is 0 Å². The summed E-state index contributed by atoms with van der Waals surface area (Å²) in [5, 5.41) is 15.2. The van der Waals surface area contributed by atoms with Gasteiger partial charge in [0.1, 0.15) is 18.1 Å². The Labute approximate surface area is 202 Å². The third kappa shape index (κ3) is 7.64. The molecule has 3 rings (SSSR count). The van der Waals surface area contributed by atoms with Crippen LogP contribution in [-0.4, -0.2) is 53.6 Å². The minimum Gasteiger partial charge on any atom is -0.497 e. The molecule has 1 aromatic heterocycles. The first kappa shape index (κ1) is 25.4. The predicted molar refractivity (Wildman–Crippen MR) is 133 cm³/mol. The van der Waals surface area contributed by atoms with Crippen molar-refractivity contribution in [1.82, 2.24) is 25.4 Å². The number of nitrogens with one attached hydrogen (secondary N) is 2. The van der Waals surface area contributed by atoms with Crippen molar-refractivity contribution in [3.05, 3.63) is 41.5 Å². The fraction of sp³-hybridized carbons (Fsp3) is 0.591. The van der Waals surface area contributed by atoms with Crippen LogP contribution in [0.15, 0.2) is 29.3 Å². The van der Waals surface area contributed by atoms with E-state index in [2.05, 4.69) is 39.9 Å². The molecule has 172 valence electrons. The number of hydrogen-bond donors (Lipinski definition) is 2. The summed E-state index contributed by atoms with van der Waals surface area (Å²) >= 11 is 0. The Morgan fingerprint density at radius 3 is 2.68 bits per heavy atom. The Morgan fingerprint density at radius 2 is 2.06 bits per heavy atom. The number of aryl methyl sites for hydroxylation is 1. The summed E-state index contributed by atoms with van der Waals surface area (Å²) in [6, 6.07) is 8.28. The monoisotopic (exact) mass is 542 g/mol. The fourth-order valence-electron chi connectivity index (χ4n) is 3.43. The molecule has 1 aliphatic rings. The molecular formula is C22H35IN6O2. The first-order valence-electron chi connectivity index (χ1n) is 10.7. The van der Waals surface area contributed by atoms with E-state index >= 15 is 0 Å². The normalized spacial score (nSPS) is 17.2. The standard InChI is InChI=1S/C22H34N6O2.HI/c1-16(18-7-9-19(29-4)10-8-18)11-12-23-22(24-14-20-6-5-13-30-20)25-15-21-27-26-17(2)28(21)3;/h7-10,16,20H,5-6,11-15H2,1-4H3,(H2,23,24,25);1H. The second kappa shape index (κ2) is 12.8. The van der Waals surface area contributed by atoms with Gasteiger partial charge in [-0.15, -0.1) is 34.2 Å². The molecule has 0 saturated carbocycles. The van der Waals surface area contributed by atoms with Gasteiger partial charge in [-0.05, 0) is 49.8 Å². The van der Waals surface area contributed by atoms with E-state index in [0.29, 0.717) is 12.5 Å². The molecule has 0 amide bonds. The summed E-state index contributed by atoms with van der Waals surface area (Å²) < 4.78 is 12.9. The molecule has 1 aliphatic heterocycles. The van der Waals surface area contributed by atoms with Crippen molar-refractivity contribution in [2.24, 2.45) is 12.0 Å². The maximum atomic E-state index is 5.73. The van der Waals surface area contributed by atoms with Crippen LogP contribution in [0.1, 0.15) is 49.3 Å². The van der Waals surface area contributed by atoms with E-state index in [1.165, 1.54) is 5.56 Å². The van der Waals surface area contributed by atoms with Crippen LogP contribution >= 0.6 is 24.0 Å². The van der Waals surface area contributed by atoms with Crippen molar-refractivity contribution in [2.75, 3.05) is 26.8 Å². The van der Waals surface area contributed by atoms with E-state index in [1.807, 2.05) is 30.7 Å². The summed E-state index contributed by atoms with van der Waals surface area (Å²) in [4.78, 5) is 4.72. The van der Waals surface area contributed by atoms with Crippen molar-refractivity contribution in [1.29, 1.82) is 0 Å². The number of guanidine groups is 1. The topological polar surface area (TPSA) is 85.6 Å². The van der Waals surface area contributed by atoms with E-state index in [4.69, 9.17) is 14.5 Å². The molecule has 0 radical (unpaired) electrons. The van der Waals surface area contributed by atoms with Gasteiger partial charge in [-0.3, -0.25) is 0 Å². The Kier molecular flexibility index (Phi) is 10.5. The average molecular weight is 542 g/mol. The van der Waals surface area contributed by atoms with Gasteiger partial charge in [0.05, 0.1) is 13.2 Å². The van der Waals surface area contributed by atoms with Gasteiger partial charge < -0.3 is 24.7 Å². The molecule has 2 atom stereocenters. The predicted octanol–water partition coefficient (Wildman–Crippen LogP) is 3.16. The van der Waals surface area contributed by atoms with Crippen LogP contribution in [0, 0.1) is 6.92 Å². The van der Waals surface area contributed by atoms with Gasteiger partial charge in [0.25, 0.3) is 0 Å². The van der Waals surface area contributed by atoms with Crippen LogP contribution < -0.4 is 15.4 Å². The van der Waals surface area contributed by atoms with Gasteiger partial charge >= 0.3 is 0 Å². The number of halogens is 1. The van der Waals surface area contributed by atoms with E-state index < -0.39 is 0 Å². The van der Waals surface area contributed by atoms with E-state index in [-0.39, 0.29) is 30.1 Å². The maximum absolute atomic E-state index is 5.73. The molecule has 0 bridgehead atoms. The zero-order chi connectivity index (χ0) is 21.3. The lowest BCUT2D eigenvalue weighted by atomic mass is 9.98. The zero-order valence-electron chi connectivity index (χ0n) is 18.9. The zero-order valence-corrected chi connectivity index (χ0v) is 21.3. The third-order valence-electron chi connectivity index (χ3n) is 5.64. The summed E-state index contributed by atoms with van der Waals surface area (Å²) in [5.74, 6) is 3.83. The van der Waals surface area contributed by atoms with Crippen molar-refractivity contribution in [3.63, 3.8) is 0 Å². The number of nitrogens with zero attached hydrogens (tertiary/aromatic N) is 4. The number of aromatic nitrogens is 3. The summed E-state index contributed by atoms with van der Waals surface area (Å²) in [6.07, 6.45) is 3.48. The maximum Gasteiger partial charge on any atom is 0.191 e.